The lowest BCUT2D eigenvalue weighted by atomic mass is 9.87. The maximum atomic E-state index is 13.1. The summed E-state index contributed by atoms with van der Waals surface area (Å²) in [5.41, 5.74) is 3.96. The Balaban J connectivity index is 1.69. The largest absolute Gasteiger partial charge is 0.294 e. The van der Waals surface area contributed by atoms with Crippen molar-refractivity contribution in [1.82, 2.24) is 9.55 Å². The van der Waals surface area contributed by atoms with E-state index in [2.05, 4.69) is 56.9 Å². The van der Waals surface area contributed by atoms with Crippen molar-refractivity contribution in [2.24, 2.45) is 5.92 Å². The molecule has 3 nitrogen and oxygen atoms in total. The molecule has 0 saturated carbocycles. The number of rotatable bonds is 2. The third-order valence-electron chi connectivity index (χ3n) is 5.46. The minimum absolute atomic E-state index is 0.113. The molecule has 2 heterocycles. The molecular formula is C22H26N2OS. The minimum atomic E-state index is 0.113. The first-order chi connectivity index (χ1) is 12.3. The monoisotopic (exact) mass is 366 g/mol. The van der Waals surface area contributed by atoms with Gasteiger partial charge >= 0.3 is 0 Å². The van der Waals surface area contributed by atoms with Gasteiger partial charge in [-0.1, -0.05) is 52.0 Å². The van der Waals surface area contributed by atoms with Gasteiger partial charge in [-0.2, -0.15) is 0 Å². The summed E-state index contributed by atoms with van der Waals surface area (Å²) in [6.07, 6.45) is 4.98. The highest BCUT2D eigenvalue weighted by atomic mass is 32.1. The average molecular weight is 367 g/mol. The third kappa shape index (κ3) is 3.11. The molecule has 1 aliphatic carbocycles. The number of thiophene rings is 1. The summed E-state index contributed by atoms with van der Waals surface area (Å²) in [6, 6.07) is 8.59. The quantitative estimate of drug-likeness (QED) is 0.645. The number of aromatic nitrogens is 2. The van der Waals surface area contributed by atoms with Crippen molar-refractivity contribution in [1.29, 1.82) is 0 Å². The van der Waals surface area contributed by atoms with E-state index in [0.717, 1.165) is 28.6 Å². The Labute approximate surface area is 158 Å². The molecule has 2 aromatic heterocycles. The summed E-state index contributed by atoms with van der Waals surface area (Å²) < 4.78 is 1.76. The number of hydrogen-bond acceptors (Lipinski definition) is 3. The second-order valence-electron chi connectivity index (χ2n) is 8.66. The van der Waals surface area contributed by atoms with Crippen LogP contribution in [-0.4, -0.2) is 9.55 Å². The predicted molar refractivity (Wildman–Crippen MR) is 109 cm³/mol. The maximum Gasteiger partial charge on any atom is 0.262 e. The summed E-state index contributed by atoms with van der Waals surface area (Å²) in [5.74, 6) is 0.708. The van der Waals surface area contributed by atoms with Crippen LogP contribution in [-0.2, 0) is 24.8 Å². The zero-order chi connectivity index (χ0) is 18.5. The standard InChI is InChI=1S/C22H26N2OS/c1-14-5-10-17-18(11-14)26-20-19(17)21(25)24(13-23-20)12-15-6-8-16(9-7-15)22(2,3)4/h6-9,13-14H,5,10-12H2,1-4H3/t14-/m1/s1. The summed E-state index contributed by atoms with van der Waals surface area (Å²) in [6.45, 7) is 9.51. The van der Waals surface area contributed by atoms with Gasteiger partial charge in [-0.25, -0.2) is 4.98 Å². The molecule has 0 fully saturated rings. The van der Waals surface area contributed by atoms with E-state index in [-0.39, 0.29) is 11.0 Å². The Morgan fingerprint density at radius 1 is 1.23 bits per heavy atom. The normalized spacial score (nSPS) is 17.5. The molecule has 1 aromatic carbocycles. The van der Waals surface area contributed by atoms with Crippen LogP contribution in [0.5, 0.6) is 0 Å². The van der Waals surface area contributed by atoms with Crippen LogP contribution >= 0.6 is 11.3 Å². The van der Waals surface area contributed by atoms with Gasteiger partial charge in [0.15, 0.2) is 0 Å². The second-order valence-corrected chi connectivity index (χ2v) is 9.74. The van der Waals surface area contributed by atoms with Gasteiger partial charge in [-0.3, -0.25) is 9.36 Å². The SMILES string of the molecule is C[C@@H]1CCc2c(sc3ncn(Cc4ccc(C(C)(C)C)cc4)c(=O)c23)C1. The van der Waals surface area contributed by atoms with Gasteiger partial charge in [0.25, 0.3) is 5.56 Å². The fraction of sp³-hybridized carbons (Fsp3) is 0.455. The fourth-order valence-corrected chi connectivity index (χ4v) is 5.13. The van der Waals surface area contributed by atoms with Crippen molar-refractivity contribution in [2.45, 2.75) is 58.9 Å². The average Bonchev–Trinajstić information content (AvgIpc) is 2.95. The number of fused-ring (bicyclic) bond motifs is 3. The molecule has 0 bridgehead atoms. The van der Waals surface area contributed by atoms with Gasteiger partial charge < -0.3 is 0 Å². The van der Waals surface area contributed by atoms with Crippen LogP contribution in [0.4, 0.5) is 0 Å². The van der Waals surface area contributed by atoms with Gasteiger partial charge in [0.1, 0.15) is 4.83 Å². The van der Waals surface area contributed by atoms with Crippen LogP contribution in [0.2, 0.25) is 0 Å². The first-order valence-corrected chi connectivity index (χ1v) is 10.2. The Kier molecular flexibility index (Phi) is 4.26. The summed E-state index contributed by atoms with van der Waals surface area (Å²) >= 11 is 1.71. The lowest BCUT2D eigenvalue weighted by Gasteiger charge is -2.19. The molecular weight excluding hydrogens is 340 g/mol. The van der Waals surface area contributed by atoms with Crippen LogP contribution in [0.1, 0.15) is 55.7 Å². The van der Waals surface area contributed by atoms with Crippen LogP contribution in [0.15, 0.2) is 35.4 Å². The molecule has 3 aromatic rings. The molecule has 0 N–H and O–H groups in total. The van der Waals surface area contributed by atoms with Crippen molar-refractivity contribution in [3.05, 3.63) is 62.5 Å². The van der Waals surface area contributed by atoms with Crippen LogP contribution < -0.4 is 5.56 Å². The zero-order valence-corrected chi connectivity index (χ0v) is 16.8. The second kappa shape index (κ2) is 6.34. The van der Waals surface area contributed by atoms with Gasteiger partial charge in [-0.15, -0.1) is 11.3 Å². The van der Waals surface area contributed by atoms with Crippen LogP contribution in [0, 0.1) is 5.92 Å². The van der Waals surface area contributed by atoms with Crippen molar-refractivity contribution in [3.63, 3.8) is 0 Å². The van der Waals surface area contributed by atoms with E-state index in [0.29, 0.717) is 12.5 Å². The zero-order valence-electron chi connectivity index (χ0n) is 16.0. The minimum Gasteiger partial charge on any atom is -0.294 e. The lowest BCUT2D eigenvalue weighted by Crippen LogP contribution is -2.22. The van der Waals surface area contributed by atoms with E-state index in [1.165, 1.54) is 22.4 Å². The smallest absolute Gasteiger partial charge is 0.262 e. The van der Waals surface area contributed by atoms with Crippen molar-refractivity contribution >= 4 is 21.6 Å². The predicted octanol–water partition coefficient (Wildman–Crippen LogP) is 4.93. The Hall–Kier alpha value is -1.94. The van der Waals surface area contributed by atoms with Crippen molar-refractivity contribution < 1.29 is 0 Å². The molecule has 1 atom stereocenters. The van der Waals surface area contributed by atoms with E-state index in [4.69, 9.17) is 0 Å². The molecule has 0 radical (unpaired) electrons. The highest BCUT2D eigenvalue weighted by Crippen LogP contribution is 2.35. The Morgan fingerprint density at radius 3 is 2.65 bits per heavy atom. The van der Waals surface area contributed by atoms with E-state index in [9.17, 15) is 4.79 Å². The first-order valence-electron chi connectivity index (χ1n) is 9.42. The van der Waals surface area contributed by atoms with Crippen molar-refractivity contribution in [3.8, 4) is 0 Å². The van der Waals surface area contributed by atoms with Gasteiger partial charge in [-0.05, 0) is 47.3 Å². The highest BCUT2D eigenvalue weighted by molar-refractivity contribution is 7.18. The summed E-state index contributed by atoms with van der Waals surface area (Å²) in [5, 5.41) is 0.866. The van der Waals surface area contributed by atoms with Crippen molar-refractivity contribution in [2.75, 3.05) is 0 Å². The van der Waals surface area contributed by atoms with Crippen LogP contribution in [0.25, 0.3) is 10.2 Å². The molecule has 26 heavy (non-hydrogen) atoms. The molecule has 0 spiro atoms. The maximum absolute atomic E-state index is 13.1. The Bertz CT molecular complexity index is 1010. The summed E-state index contributed by atoms with van der Waals surface area (Å²) in [4.78, 5) is 20.0. The van der Waals surface area contributed by atoms with Gasteiger partial charge in [0.2, 0.25) is 0 Å². The molecule has 4 rings (SSSR count). The third-order valence-corrected chi connectivity index (χ3v) is 6.62. The number of aryl methyl sites for hydroxylation is 1. The van der Waals surface area contributed by atoms with E-state index in [1.54, 1.807) is 22.2 Å². The number of nitrogens with zero attached hydrogens (tertiary/aromatic N) is 2. The summed E-state index contributed by atoms with van der Waals surface area (Å²) in [7, 11) is 0. The van der Waals surface area contributed by atoms with Crippen LogP contribution in [0.3, 0.4) is 0 Å². The van der Waals surface area contributed by atoms with Gasteiger partial charge in [0.05, 0.1) is 18.3 Å². The van der Waals surface area contributed by atoms with Gasteiger partial charge in [0, 0.05) is 4.88 Å². The number of hydrogen-bond donors (Lipinski definition) is 0. The Morgan fingerprint density at radius 2 is 1.96 bits per heavy atom. The van der Waals surface area contributed by atoms with E-state index in [1.807, 2.05) is 0 Å². The van der Waals surface area contributed by atoms with E-state index < -0.39 is 0 Å². The topological polar surface area (TPSA) is 34.9 Å². The molecule has 0 saturated heterocycles. The lowest BCUT2D eigenvalue weighted by molar-refractivity contribution is 0.509. The van der Waals surface area contributed by atoms with E-state index >= 15 is 0 Å². The number of benzene rings is 1. The molecule has 0 amide bonds. The fourth-order valence-electron chi connectivity index (χ4n) is 3.79. The molecule has 4 heteroatoms. The highest BCUT2D eigenvalue weighted by Gasteiger charge is 2.23. The first kappa shape index (κ1) is 17.5. The molecule has 0 unspecified atom stereocenters. The molecule has 0 aliphatic heterocycles. The molecule has 136 valence electrons. The molecule has 1 aliphatic rings.